The molecule has 184 valence electrons. The van der Waals surface area contributed by atoms with Crippen LogP contribution in [-0.4, -0.2) is 59.1 Å². The van der Waals surface area contributed by atoms with E-state index in [2.05, 4.69) is 4.90 Å². The number of piperazine rings is 1. The third kappa shape index (κ3) is 5.55. The second kappa shape index (κ2) is 10.6. The Labute approximate surface area is 211 Å². The summed E-state index contributed by atoms with van der Waals surface area (Å²) in [7, 11) is -2.38. The van der Waals surface area contributed by atoms with Crippen molar-refractivity contribution in [1.82, 2.24) is 4.90 Å². The van der Waals surface area contributed by atoms with Gasteiger partial charge in [0.1, 0.15) is 12.3 Å². The van der Waals surface area contributed by atoms with E-state index in [1.807, 2.05) is 31.2 Å². The SMILES string of the molecule is COc1ccc(N2CCN(C(=O)CN(c3ccccc3Cl)S(=O)(=O)c3ccc(C)cc3)CC2)cc1. The second-order valence-corrected chi connectivity index (χ2v) is 10.6. The lowest BCUT2D eigenvalue weighted by molar-refractivity contribution is -0.129. The van der Waals surface area contributed by atoms with E-state index in [0.717, 1.165) is 21.3 Å². The fourth-order valence-corrected chi connectivity index (χ4v) is 5.74. The van der Waals surface area contributed by atoms with E-state index in [9.17, 15) is 13.2 Å². The Morgan fingerprint density at radius 1 is 0.943 bits per heavy atom. The number of carbonyl (C=O) groups is 1. The van der Waals surface area contributed by atoms with Crippen molar-refractivity contribution in [2.75, 3.05) is 49.0 Å². The number of hydrogen-bond donors (Lipinski definition) is 0. The second-order valence-electron chi connectivity index (χ2n) is 8.34. The van der Waals surface area contributed by atoms with Crippen LogP contribution in [-0.2, 0) is 14.8 Å². The van der Waals surface area contributed by atoms with Crippen molar-refractivity contribution in [2.45, 2.75) is 11.8 Å². The molecule has 0 aliphatic carbocycles. The van der Waals surface area contributed by atoms with Gasteiger partial charge in [-0.1, -0.05) is 41.4 Å². The number of aryl methyl sites for hydroxylation is 1. The highest BCUT2D eigenvalue weighted by Gasteiger charge is 2.31. The molecule has 35 heavy (non-hydrogen) atoms. The van der Waals surface area contributed by atoms with Crippen molar-refractivity contribution in [2.24, 2.45) is 0 Å². The molecule has 0 radical (unpaired) electrons. The Morgan fingerprint density at radius 3 is 2.17 bits per heavy atom. The van der Waals surface area contributed by atoms with Gasteiger partial charge in [0, 0.05) is 31.9 Å². The Morgan fingerprint density at radius 2 is 1.57 bits per heavy atom. The lowest BCUT2D eigenvalue weighted by atomic mass is 10.2. The van der Waals surface area contributed by atoms with Crippen molar-refractivity contribution in [1.29, 1.82) is 0 Å². The minimum Gasteiger partial charge on any atom is -0.497 e. The normalized spacial score (nSPS) is 14.0. The number of anilines is 2. The van der Waals surface area contributed by atoms with Gasteiger partial charge in [-0.25, -0.2) is 8.42 Å². The topological polar surface area (TPSA) is 70.2 Å². The molecule has 7 nitrogen and oxygen atoms in total. The van der Waals surface area contributed by atoms with Gasteiger partial charge in [0.15, 0.2) is 0 Å². The zero-order valence-electron chi connectivity index (χ0n) is 19.7. The highest BCUT2D eigenvalue weighted by molar-refractivity contribution is 7.92. The zero-order chi connectivity index (χ0) is 25.0. The maximum Gasteiger partial charge on any atom is 0.264 e. The van der Waals surface area contributed by atoms with Crippen molar-refractivity contribution in [3.63, 3.8) is 0 Å². The first-order valence-electron chi connectivity index (χ1n) is 11.3. The van der Waals surface area contributed by atoms with Crippen LogP contribution in [0.2, 0.25) is 5.02 Å². The first-order chi connectivity index (χ1) is 16.8. The van der Waals surface area contributed by atoms with E-state index < -0.39 is 10.0 Å². The number of para-hydroxylation sites is 1. The van der Waals surface area contributed by atoms with Crippen LogP contribution < -0.4 is 13.9 Å². The number of hydrogen-bond acceptors (Lipinski definition) is 5. The van der Waals surface area contributed by atoms with Crippen LogP contribution in [0.1, 0.15) is 5.56 Å². The minimum absolute atomic E-state index is 0.111. The molecular formula is C26H28ClN3O4S. The summed E-state index contributed by atoms with van der Waals surface area (Å²) in [4.78, 5) is 17.3. The molecule has 9 heteroatoms. The highest BCUT2D eigenvalue weighted by atomic mass is 35.5. The average molecular weight is 514 g/mol. The van der Waals surface area contributed by atoms with Gasteiger partial charge in [-0.2, -0.15) is 0 Å². The first-order valence-corrected chi connectivity index (χ1v) is 13.1. The molecule has 1 heterocycles. The molecular weight excluding hydrogens is 486 g/mol. The number of ether oxygens (including phenoxy) is 1. The van der Waals surface area contributed by atoms with Gasteiger partial charge in [0.2, 0.25) is 5.91 Å². The average Bonchev–Trinajstić information content (AvgIpc) is 2.88. The lowest BCUT2D eigenvalue weighted by Crippen LogP contribution is -2.52. The smallest absolute Gasteiger partial charge is 0.264 e. The predicted molar refractivity (Wildman–Crippen MR) is 139 cm³/mol. The number of nitrogens with zero attached hydrogens (tertiary/aromatic N) is 3. The number of rotatable bonds is 7. The van der Waals surface area contributed by atoms with Crippen molar-refractivity contribution in [3.05, 3.63) is 83.4 Å². The Kier molecular flexibility index (Phi) is 7.52. The fourth-order valence-electron chi connectivity index (χ4n) is 4.02. The number of sulfonamides is 1. The molecule has 0 N–H and O–H groups in total. The zero-order valence-corrected chi connectivity index (χ0v) is 21.3. The van der Waals surface area contributed by atoms with Gasteiger partial charge in [-0.15, -0.1) is 0 Å². The Hall–Kier alpha value is -3.23. The molecule has 0 unspecified atom stereocenters. The molecule has 3 aromatic carbocycles. The van der Waals surface area contributed by atoms with Crippen LogP contribution in [0.25, 0.3) is 0 Å². The van der Waals surface area contributed by atoms with Crippen LogP contribution in [0.4, 0.5) is 11.4 Å². The third-order valence-corrected chi connectivity index (χ3v) is 8.17. The molecule has 0 saturated carbocycles. The summed E-state index contributed by atoms with van der Waals surface area (Å²) in [5.74, 6) is 0.520. The summed E-state index contributed by atoms with van der Waals surface area (Å²) in [5, 5.41) is 0.264. The molecule has 0 spiro atoms. The maximum atomic E-state index is 13.6. The summed E-state index contributed by atoms with van der Waals surface area (Å²) in [6.07, 6.45) is 0. The van der Waals surface area contributed by atoms with E-state index in [-0.39, 0.29) is 28.1 Å². The molecule has 0 bridgehead atoms. The van der Waals surface area contributed by atoms with Crippen LogP contribution >= 0.6 is 11.6 Å². The molecule has 1 aliphatic heterocycles. The standard InChI is InChI=1S/C26H28ClN3O4S/c1-20-7-13-23(14-8-20)35(32,33)30(25-6-4-3-5-24(25)27)19-26(31)29-17-15-28(16-18-29)21-9-11-22(34-2)12-10-21/h3-14H,15-19H2,1-2H3. The molecule has 1 fully saturated rings. The quantitative estimate of drug-likeness (QED) is 0.473. The third-order valence-electron chi connectivity index (χ3n) is 6.08. The molecule has 1 aliphatic rings. The monoisotopic (exact) mass is 513 g/mol. The number of carbonyl (C=O) groups excluding carboxylic acids is 1. The molecule has 4 rings (SSSR count). The van der Waals surface area contributed by atoms with E-state index in [4.69, 9.17) is 16.3 Å². The minimum atomic E-state index is -4.01. The number of benzene rings is 3. The highest BCUT2D eigenvalue weighted by Crippen LogP contribution is 2.30. The Bertz CT molecular complexity index is 1270. The van der Waals surface area contributed by atoms with Crippen molar-refractivity contribution in [3.8, 4) is 5.75 Å². The Balaban J connectivity index is 1.52. The summed E-state index contributed by atoms with van der Waals surface area (Å²) in [6.45, 7) is 3.83. The maximum absolute atomic E-state index is 13.6. The number of methoxy groups -OCH3 is 1. The number of amides is 1. The predicted octanol–water partition coefficient (Wildman–Crippen LogP) is 4.20. The molecule has 1 amide bonds. The first kappa shape index (κ1) is 24.9. The van der Waals surface area contributed by atoms with Crippen LogP contribution in [0.3, 0.4) is 0 Å². The van der Waals surface area contributed by atoms with E-state index in [0.29, 0.717) is 26.2 Å². The summed E-state index contributed by atoms with van der Waals surface area (Å²) in [5.41, 5.74) is 2.27. The molecule has 1 saturated heterocycles. The van der Waals surface area contributed by atoms with Gasteiger partial charge in [-0.3, -0.25) is 9.10 Å². The van der Waals surface area contributed by atoms with Gasteiger partial charge >= 0.3 is 0 Å². The lowest BCUT2D eigenvalue weighted by Gasteiger charge is -2.37. The van der Waals surface area contributed by atoms with Gasteiger partial charge < -0.3 is 14.5 Å². The fraction of sp³-hybridized carbons (Fsp3) is 0.269. The molecule has 0 aromatic heterocycles. The molecule has 0 atom stereocenters. The van der Waals surface area contributed by atoms with Gasteiger partial charge in [-0.05, 0) is 55.5 Å². The van der Waals surface area contributed by atoms with Crippen molar-refractivity contribution >= 4 is 38.9 Å². The van der Waals surface area contributed by atoms with Gasteiger partial charge in [0.05, 0.1) is 22.7 Å². The van der Waals surface area contributed by atoms with Crippen LogP contribution in [0, 0.1) is 6.92 Å². The largest absolute Gasteiger partial charge is 0.497 e. The summed E-state index contributed by atoms with van der Waals surface area (Å²) in [6, 6.07) is 21.0. The van der Waals surface area contributed by atoms with Gasteiger partial charge in [0.25, 0.3) is 10.0 Å². The summed E-state index contributed by atoms with van der Waals surface area (Å²) < 4.78 is 33.5. The van der Waals surface area contributed by atoms with E-state index in [1.165, 1.54) is 0 Å². The van der Waals surface area contributed by atoms with Crippen LogP contribution in [0.15, 0.2) is 77.7 Å². The molecule has 3 aromatic rings. The van der Waals surface area contributed by atoms with E-state index in [1.54, 1.807) is 60.5 Å². The summed E-state index contributed by atoms with van der Waals surface area (Å²) >= 11 is 6.37. The number of halogens is 1. The van der Waals surface area contributed by atoms with Crippen LogP contribution in [0.5, 0.6) is 5.75 Å². The van der Waals surface area contributed by atoms with Crippen molar-refractivity contribution < 1.29 is 17.9 Å². The van der Waals surface area contributed by atoms with E-state index >= 15 is 0 Å².